The molecule has 3 amide bonds. The van der Waals surface area contributed by atoms with E-state index in [2.05, 4.69) is 21.3 Å². The van der Waals surface area contributed by atoms with Crippen LogP contribution in [0, 0.1) is 0 Å². The Balaban J connectivity index is 2.04. The van der Waals surface area contributed by atoms with Crippen molar-refractivity contribution in [2.45, 2.75) is 50.9 Å². The molecule has 0 aromatic heterocycles. The zero-order valence-electron chi connectivity index (χ0n) is 19.9. The minimum absolute atomic E-state index is 0.116. The maximum Gasteiger partial charge on any atom is 0.243 e. The number of hydrogen-bond donors (Lipinski definition) is 5. The molecule has 0 spiro atoms. The van der Waals surface area contributed by atoms with E-state index in [9.17, 15) is 24.3 Å². The Morgan fingerprint density at radius 1 is 0.886 bits per heavy atom. The smallest absolute Gasteiger partial charge is 0.243 e. The van der Waals surface area contributed by atoms with Crippen LogP contribution in [0.2, 0.25) is 0 Å². The average molecular weight is 483 g/mol. The fourth-order valence-electron chi connectivity index (χ4n) is 3.54. The molecule has 0 radical (unpaired) electrons. The van der Waals surface area contributed by atoms with Gasteiger partial charge in [0.1, 0.15) is 18.6 Å². The van der Waals surface area contributed by atoms with Gasteiger partial charge < -0.3 is 25.9 Å². The summed E-state index contributed by atoms with van der Waals surface area (Å²) in [4.78, 5) is 46.9. The molecule has 2 aromatic rings. The molecule has 0 bridgehead atoms. The third-order valence-corrected chi connectivity index (χ3v) is 5.27. The molecule has 0 fully saturated rings. The largest absolute Gasteiger partial charge is 0.376 e. The molecule has 2 rings (SSSR count). The van der Waals surface area contributed by atoms with Gasteiger partial charge in [-0.15, -0.1) is 0 Å². The summed E-state index contributed by atoms with van der Waals surface area (Å²) in [5.74, 6) is -0.987. The summed E-state index contributed by atoms with van der Waals surface area (Å²) in [6.45, 7) is 1.87. The summed E-state index contributed by atoms with van der Waals surface area (Å²) in [5, 5.41) is 22.0. The van der Waals surface area contributed by atoms with Gasteiger partial charge in [0, 0.05) is 39.3 Å². The van der Waals surface area contributed by atoms with Crippen LogP contribution in [0.3, 0.4) is 0 Å². The van der Waals surface area contributed by atoms with Crippen molar-refractivity contribution < 1.29 is 24.3 Å². The van der Waals surface area contributed by atoms with Gasteiger partial charge in [0.25, 0.3) is 0 Å². The Hall–Kier alpha value is -3.56. The van der Waals surface area contributed by atoms with E-state index in [1.807, 2.05) is 60.7 Å². The van der Waals surface area contributed by atoms with E-state index in [4.69, 9.17) is 0 Å². The van der Waals surface area contributed by atoms with Crippen LogP contribution in [0.15, 0.2) is 60.7 Å². The topological polar surface area (TPSA) is 137 Å². The molecule has 3 atom stereocenters. The molecule has 188 valence electrons. The molecule has 3 unspecified atom stereocenters. The molecule has 0 saturated carbocycles. The predicted molar refractivity (Wildman–Crippen MR) is 132 cm³/mol. The maximum atomic E-state index is 13.2. The monoisotopic (exact) mass is 482 g/mol. The number of aldehydes is 1. The van der Waals surface area contributed by atoms with Crippen LogP contribution in [0.1, 0.15) is 30.9 Å². The van der Waals surface area contributed by atoms with E-state index in [0.29, 0.717) is 19.1 Å². The van der Waals surface area contributed by atoms with Crippen LogP contribution in [-0.4, -0.2) is 60.5 Å². The second-order valence-corrected chi connectivity index (χ2v) is 8.20. The summed E-state index contributed by atoms with van der Waals surface area (Å²) in [5.41, 5.74) is 1.81. The molecule has 5 N–H and O–H groups in total. The van der Waals surface area contributed by atoms with Crippen LogP contribution in [0.4, 0.5) is 0 Å². The quantitative estimate of drug-likeness (QED) is 0.142. The third-order valence-electron chi connectivity index (χ3n) is 5.27. The maximum absolute atomic E-state index is 13.2. The van der Waals surface area contributed by atoms with E-state index < -0.39 is 24.2 Å². The molecule has 2 aromatic carbocycles. The van der Waals surface area contributed by atoms with Gasteiger partial charge in [0.05, 0.1) is 6.04 Å². The Labute approximate surface area is 205 Å². The molecule has 35 heavy (non-hydrogen) atoms. The lowest BCUT2D eigenvalue weighted by Crippen LogP contribution is -2.57. The number of benzene rings is 2. The summed E-state index contributed by atoms with van der Waals surface area (Å²) in [7, 11) is 0. The third kappa shape index (κ3) is 10.9. The number of carbonyl (C=O) groups excluding carboxylic acids is 4. The predicted octanol–water partition coefficient (Wildman–Crippen LogP) is 0.465. The Kier molecular flexibility index (Phi) is 12.2. The van der Waals surface area contributed by atoms with Gasteiger partial charge in [-0.1, -0.05) is 60.7 Å². The van der Waals surface area contributed by atoms with Gasteiger partial charge in [-0.3, -0.25) is 19.7 Å². The SMILES string of the molecule is CC(=O)NC(Cc1ccccc1)C(=O)NC(Cc1ccccc1)C(O)NCCNC(=O)CCC=O. The van der Waals surface area contributed by atoms with Gasteiger partial charge in [-0.2, -0.15) is 0 Å². The van der Waals surface area contributed by atoms with Gasteiger partial charge in [-0.25, -0.2) is 0 Å². The van der Waals surface area contributed by atoms with Crippen molar-refractivity contribution in [3.8, 4) is 0 Å². The molecule has 0 aliphatic rings. The fraction of sp³-hybridized carbons (Fsp3) is 0.385. The molecule has 0 aliphatic heterocycles. The summed E-state index contributed by atoms with van der Waals surface area (Å²) >= 11 is 0. The number of hydrogen-bond acceptors (Lipinski definition) is 6. The zero-order chi connectivity index (χ0) is 25.5. The zero-order valence-corrected chi connectivity index (χ0v) is 19.9. The van der Waals surface area contributed by atoms with Crippen molar-refractivity contribution in [1.29, 1.82) is 0 Å². The first-order chi connectivity index (χ1) is 16.9. The minimum atomic E-state index is -1.11. The molecule has 9 heteroatoms. The second kappa shape index (κ2) is 15.4. The van der Waals surface area contributed by atoms with Crippen LogP contribution in [0.25, 0.3) is 0 Å². The Bertz CT molecular complexity index is 939. The number of rotatable bonds is 15. The lowest BCUT2D eigenvalue weighted by molar-refractivity contribution is -0.129. The summed E-state index contributed by atoms with van der Waals surface area (Å²) in [6.07, 6.45) is 0.507. The second-order valence-electron chi connectivity index (χ2n) is 8.20. The number of aliphatic hydroxyl groups excluding tert-OH is 1. The van der Waals surface area contributed by atoms with Gasteiger partial charge in [0.2, 0.25) is 17.7 Å². The van der Waals surface area contributed by atoms with Crippen molar-refractivity contribution in [1.82, 2.24) is 21.3 Å². The Morgan fingerprint density at radius 3 is 2.06 bits per heavy atom. The standard InChI is InChI=1S/C26H34N4O5/c1-19(32)29-23(18-21-11-6-3-7-12-21)26(35)30-22(17-20-9-4-2-5-10-20)25(34)28-15-14-27-24(33)13-8-16-31/h2-7,9-12,16,22-23,25,28,34H,8,13-15,17-18H2,1H3,(H,27,33)(H,29,32)(H,30,35). The van der Waals surface area contributed by atoms with Crippen molar-refractivity contribution in [2.75, 3.05) is 13.1 Å². The number of nitrogens with one attached hydrogen (secondary N) is 4. The van der Waals surface area contributed by atoms with Gasteiger partial charge in [-0.05, 0) is 17.5 Å². The molecular weight excluding hydrogens is 448 g/mol. The number of aliphatic hydroxyl groups is 1. The molecule has 0 saturated heterocycles. The van der Waals surface area contributed by atoms with Crippen LogP contribution in [0.5, 0.6) is 0 Å². The number of amides is 3. The van der Waals surface area contributed by atoms with E-state index in [1.54, 1.807) is 0 Å². The highest BCUT2D eigenvalue weighted by molar-refractivity contribution is 5.87. The van der Waals surface area contributed by atoms with E-state index >= 15 is 0 Å². The molecule has 0 aliphatic carbocycles. The fourth-order valence-corrected chi connectivity index (χ4v) is 3.54. The van der Waals surface area contributed by atoms with E-state index in [0.717, 1.165) is 11.1 Å². The normalized spacial score (nSPS) is 13.2. The van der Waals surface area contributed by atoms with E-state index in [1.165, 1.54) is 6.92 Å². The van der Waals surface area contributed by atoms with Crippen molar-refractivity contribution in [3.63, 3.8) is 0 Å². The van der Waals surface area contributed by atoms with Crippen LogP contribution < -0.4 is 21.3 Å². The molecule has 0 heterocycles. The minimum Gasteiger partial charge on any atom is -0.376 e. The molecular formula is C26H34N4O5. The van der Waals surface area contributed by atoms with Crippen molar-refractivity contribution in [3.05, 3.63) is 71.8 Å². The van der Waals surface area contributed by atoms with Crippen LogP contribution >= 0.6 is 0 Å². The first-order valence-corrected chi connectivity index (χ1v) is 11.7. The highest BCUT2D eigenvalue weighted by Crippen LogP contribution is 2.08. The lowest BCUT2D eigenvalue weighted by atomic mass is 10.0. The highest BCUT2D eigenvalue weighted by atomic mass is 16.3. The lowest BCUT2D eigenvalue weighted by Gasteiger charge is -2.28. The van der Waals surface area contributed by atoms with Crippen molar-refractivity contribution in [2.24, 2.45) is 0 Å². The van der Waals surface area contributed by atoms with Crippen LogP contribution in [-0.2, 0) is 32.0 Å². The molecule has 9 nitrogen and oxygen atoms in total. The Morgan fingerprint density at radius 2 is 1.49 bits per heavy atom. The first kappa shape index (κ1) is 27.7. The van der Waals surface area contributed by atoms with E-state index in [-0.39, 0.29) is 37.7 Å². The van der Waals surface area contributed by atoms with Gasteiger partial charge >= 0.3 is 0 Å². The average Bonchev–Trinajstić information content (AvgIpc) is 2.85. The summed E-state index contributed by atoms with van der Waals surface area (Å²) < 4.78 is 0. The first-order valence-electron chi connectivity index (χ1n) is 11.7. The highest BCUT2D eigenvalue weighted by Gasteiger charge is 2.26. The van der Waals surface area contributed by atoms with Crippen molar-refractivity contribution >= 4 is 24.0 Å². The number of carbonyl (C=O) groups is 4. The van der Waals surface area contributed by atoms with Gasteiger partial charge in [0.15, 0.2) is 0 Å². The summed E-state index contributed by atoms with van der Waals surface area (Å²) in [6, 6.07) is 17.3.